The van der Waals surface area contributed by atoms with Gasteiger partial charge in [0.05, 0.1) is 32.9 Å². The molecule has 0 spiro atoms. The first-order valence-electron chi connectivity index (χ1n) is 10.6. The Labute approximate surface area is 200 Å². The van der Waals surface area contributed by atoms with Crippen LogP contribution in [0.5, 0.6) is 5.75 Å². The minimum absolute atomic E-state index is 0. The number of benzene rings is 1. The lowest BCUT2D eigenvalue weighted by atomic mass is 10.0. The maximum absolute atomic E-state index is 5.55. The predicted molar refractivity (Wildman–Crippen MR) is 130 cm³/mol. The first kappa shape index (κ1) is 23.7. The number of ether oxygens (including phenoxy) is 2. The molecule has 0 bridgehead atoms. The van der Waals surface area contributed by atoms with E-state index in [1.54, 1.807) is 14.2 Å². The molecule has 2 aromatic rings. The van der Waals surface area contributed by atoms with E-state index in [-0.39, 0.29) is 30.0 Å². The van der Waals surface area contributed by atoms with Gasteiger partial charge >= 0.3 is 0 Å². The van der Waals surface area contributed by atoms with Crippen molar-refractivity contribution in [3.8, 4) is 5.75 Å². The van der Waals surface area contributed by atoms with Gasteiger partial charge in [0.2, 0.25) is 0 Å². The normalized spacial score (nSPS) is 17.5. The molecular formula is C21H32IN7O2. The molecule has 3 heterocycles. The van der Waals surface area contributed by atoms with E-state index in [1.807, 2.05) is 12.1 Å². The fourth-order valence-electron chi connectivity index (χ4n) is 4.09. The number of hydrogen-bond donors (Lipinski definition) is 2. The van der Waals surface area contributed by atoms with Gasteiger partial charge in [-0.25, -0.2) is 0 Å². The molecule has 0 aliphatic carbocycles. The fourth-order valence-corrected chi connectivity index (χ4v) is 4.09. The van der Waals surface area contributed by atoms with Gasteiger partial charge < -0.3 is 24.7 Å². The van der Waals surface area contributed by atoms with Crippen LogP contribution < -0.4 is 15.4 Å². The molecule has 1 aromatic carbocycles. The number of nitrogens with zero attached hydrogens (tertiary/aromatic N) is 5. The molecule has 2 aliphatic rings. The van der Waals surface area contributed by atoms with E-state index in [4.69, 9.17) is 9.47 Å². The van der Waals surface area contributed by atoms with Crippen LogP contribution in [0, 0.1) is 0 Å². The zero-order valence-electron chi connectivity index (χ0n) is 18.2. The van der Waals surface area contributed by atoms with E-state index >= 15 is 0 Å². The van der Waals surface area contributed by atoms with Crippen LogP contribution in [0.15, 0.2) is 29.3 Å². The van der Waals surface area contributed by atoms with Crippen molar-refractivity contribution in [1.82, 2.24) is 30.3 Å². The van der Waals surface area contributed by atoms with Gasteiger partial charge in [-0.1, -0.05) is 12.1 Å². The van der Waals surface area contributed by atoms with Gasteiger partial charge in [-0.2, -0.15) is 0 Å². The first-order valence-corrected chi connectivity index (χ1v) is 10.6. The Morgan fingerprint density at radius 3 is 2.65 bits per heavy atom. The van der Waals surface area contributed by atoms with Crippen LogP contribution in [0.4, 0.5) is 0 Å². The molecule has 0 radical (unpaired) electrons. The van der Waals surface area contributed by atoms with E-state index in [0.29, 0.717) is 6.54 Å². The molecule has 2 aliphatic heterocycles. The molecule has 1 fully saturated rings. The van der Waals surface area contributed by atoms with Gasteiger partial charge in [0.15, 0.2) is 11.8 Å². The molecule has 1 unspecified atom stereocenters. The van der Waals surface area contributed by atoms with Gasteiger partial charge in [0, 0.05) is 39.6 Å². The summed E-state index contributed by atoms with van der Waals surface area (Å²) >= 11 is 0. The second-order valence-electron chi connectivity index (χ2n) is 7.53. The van der Waals surface area contributed by atoms with Crippen LogP contribution in [0.2, 0.25) is 0 Å². The molecule has 1 aromatic heterocycles. The number of aryl methyl sites for hydroxylation is 1. The van der Waals surface area contributed by atoms with Crippen LogP contribution in [-0.4, -0.2) is 72.6 Å². The number of rotatable bonds is 7. The highest BCUT2D eigenvalue weighted by atomic mass is 127. The van der Waals surface area contributed by atoms with Crippen molar-refractivity contribution in [2.24, 2.45) is 4.99 Å². The molecular weight excluding hydrogens is 509 g/mol. The summed E-state index contributed by atoms with van der Waals surface area (Å²) in [4.78, 5) is 6.85. The van der Waals surface area contributed by atoms with Gasteiger partial charge in [-0.15, -0.1) is 34.2 Å². The maximum atomic E-state index is 5.55. The van der Waals surface area contributed by atoms with Crippen molar-refractivity contribution in [1.29, 1.82) is 0 Å². The summed E-state index contributed by atoms with van der Waals surface area (Å²) < 4.78 is 13.1. The molecule has 170 valence electrons. The van der Waals surface area contributed by atoms with E-state index in [9.17, 15) is 0 Å². The highest BCUT2D eigenvalue weighted by molar-refractivity contribution is 14.0. The Balaban J connectivity index is 0.00000272. The second kappa shape index (κ2) is 11.6. The second-order valence-corrected chi connectivity index (χ2v) is 7.53. The Morgan fingerprint density at radius 2 is 1.94 bits per heavy atom. The van der Waals surface area contributed by atoms with Crippen LogP contribution in [0.25, 0.3) is 0 Å². The quantitative estimate of drug-likeness (QED) is 0.313. The number of morpholine rings is 1. The van der Waals surface area contributed by atoms with Crippen LogP contribution in [-0.2, 0) is 24.2 Å². The van der Waals surface area contributed by atoms with Crippen molar-refractivity contribution in [2.75, 3.05) is 47.0 Å². The van der Waals surface area contributed by atoms with Crippen molar-refractivity contribution < 1.29 is 9.47 Å². The molecule has 9 nitrogen and oxygen atoms in total. The van der Waals surface area contributed by atoms with Crippen molar-refractivity contribution in [2.45, 2.75) is 32.0 Å². The average Bonchev–Trinajstić information content (AvgIpc) is 3.42. The molecule has 0 saturated carbocycles. The zero-order chi connectivity index (χ0) is 20.8. The molecule has 10 heteroatoms. The number of aliphatic imine (C=N–C) groups is 1. The maximum Gasteiger partial charge on any atom is 0.191 e. The van der Waals surface area contributed by atoms with E-state index < -0.39 is 0 Å². The number of guanidine groups is 1. The molecule has 0 amide bonds. The molecule has 4 rings (SSSR count). The minimum Gasteiger partial charge on any atom is -0.497 e. The van der Waals surface area contributed by atoms with Crippen molar-refractivity contribution in [3.63, 3.8) is 0 Å². The lowest BCUT2D eigenvalue weighted by Gasteiger charge is -2.35. The predicted octanol–water partition coefficient (Wildman–Crippen LogP) is 1.59. The summed E-state index contributed by atoms with van der Waals surface area (Å²) in [6.07, 6.45) is 2.16. The van der Waals surface area contributed by atoms with Gasteiger partial charge in [-0.3, -0.25) is 9.89 Å². The smallest absolute Gasteiger partial charge is 0.191 e. The third-order valence-corrected chi connectivity index (χ3v) is 5.77. The summed E-state index contributed by atoms with van der Waals surface area (Å²) in [5.74, 6) is 3.68. The largest absolute Gasteiger partial charge is 0.497 e. The SMILES string of the molecule is CN=C(NCc1nnc2n1CCC2)NCC(c1ccc(OC)cc1)N1CCOCC1.I. The Morgan fingerprint density at radius 1 is 1.16 bits per heavy atom. The summed E-state index contributed by atoms with van der Waals surface area (Å²) in [5.41, 5.74) is 1.25. The average molecular weight is 541 g/mol. The number of fused-ring (bicyclic) bond motifs is 1. The molecule has 1 saturated heterocycles. The highest BCUT2D eigenvalue weighted by Gasteiger charge is 2.23. The minimum atomic E-state index is 0. The van der Waals surface area contributed by atoms with Gasteiger partial charge in [-0.05, 0) is 24.1 Å². The van der Waals surface area contributed by atoms with Crippen LogP contribution in [0.1, 0.15) is 29.7 Å². The zero-order valence-corrected chi connectivity index (χ0v) is 20.5. The van der Waals surface area contributed by atoms with Crippen molar-refractivity contribution >= 4 is 29.9 Å². The third kappa shape index (κ3) is 5.86. The molecule has 31 heavy (non-hydrogen) atoms. The Kier molecular flexibility index (Phi) is 8.90. The third-order valence-electron chi connectivity index (χ3n) is 5.77. The number of halogens is 1. The van der Waals surface area contributed by atoms with E-state index in [2.05, 4.69) is 47.4 Å². The molecule has 2 N–H and O–H groups in total. The number of nitrogens with one attached hydrogen (secondary N) is 2. The number of aromatic nitrogens is 3. The lowest BCUT2D eigenvalue weighted by Crippen LogP contribution is -2.46. The fraction of sp³-hybridized carbons (Fsp3) is 0.571. The topological polar surface area (TPSA) is 88.8 Å². The number of hydrogen-bond acceptors (Lipinski definition) is 6. The standard InChI is InChI=1S/C21H31N7O2.HI/c1-22-21(24-15-20-26-25-19-4-3-9-28(19)20)23-14-18(27-10-12-30-13-11-27)16-5-7-17(29-2)8-6-16;/h5-8,18H,3-4,9-15H2,1-2H3,(H2,22,23,24);1H. The summed E-state index contributed by atoms with van der Waals surface area (Å²) in [5, 5.41) is 15.5. The first-order chi connectivity index (χ1) is 14.8. The summed E-state index contributed by atoms with van der Waals surface area (Å²) in [6.45, 7) is 5.70. The van der Waals surface area contributed by atoms with Crippen LogP contribution >= 0.6 is 24.0 Å². The van der Waals surface area contributed by atoms with E-state index in [0.717, 1.165) is 75.6 Å². The lowest BCUT2D eigenvalue weighted by molar-refractivity contribution is 0.0170. The Hall–Kier alpha value is -1.92. The van der Waals surface area contributed by atoms with Crippen LogP contribution in [0.3, 0.4) is 0 Å². The van der Waals surface area contributed by atoms with Crippen molar-refractivity contribution in [3.05, 3.63) is 41.5 Å². The molecule has 1 atom stereocenters. The number of methoxy groups -OCH3 is 1. The summed E-state index contributed by atoms with van der Waals surface area (Å²) in [6, 6.07) is 8.52. The van der Waals surface area contributed by atoms with Gasteiger partial charge in [0.25, 0.3) is 0 Å². The summed E-state index contributed by atoms with van der Waals surface area (Å²) in [7, 11) is 3.48. The van der Waals surface area contributed by atoms with Gasteiger partial charge in [0.1, 0.15) is 11.6 Å². The Bertz CT molecular complexity index is 850. The monoisotopic (exact) mass is 541 g/mol. The van der Waals surface area contributed by atoms with E-state index in [1.165, 1.54) is 5.56 Å². The highest BCUT2D eigenvalue weighted by Crippen LogP contribution is 2.23.